The molecule has 0 aromatic heterocycles. The van der Waals surface area contributed by atoms with E-state index in [4.69, 9.17) is 9.84 Å². The first-order valence-electron chi connectivity index (χ1n) is 9.48. The van der Waals surface area contributed by atoms with E-state index in [-0.39, 0.29) is 24.1 Å². The van der Waals surface area contributed by atoms with Gasteiger partial charge in [0.25, 0.3) is 0 Å². The van der Waals surface area contributed by atoms with Crippen LogP contribution in [-0.2, 0) is 4.74 Å². The molecule has 0 fully saturated rings. The first-order valence-corrected chi connectivity index (χ1v) is 9.48. The Bertz CT molecular complexity index is 762. The molecule has 0 bridgehead atoms. The molecular weight excluding hydrogens is 356 g/mol. The molecule has 2 aromatic rings. The van der Waals surface area contributed by atoms with Crippen molar-refractivity contribution in [3.8, 4) is 11.5 Å². The monoisotopic (exact) mass is 384 g/mol. The van der Waals surface area contributed by atoms with E-state index < -0.39 is 0 Å². The maximum Gasteiger partial charge on any atom is 0.124 e. The first-order chi connectivity index (χ1) is 13.7. The van der Waals surface area contributed by atoms with Crippen LogP contribution < -0.4 is 0 Å². The van der Waals surface area contributed by atoms with Crippen LogP contribution in [-0.4, -0.2) is 60.2 Å². The minimum Gasteiger partial charge on any atom is -0.507 e. The molecule has 0 aliphatic rings. The molecular formula is C22H28N2O4. The van der Waals surface area contributed by atoms with Gasteiger partial charge in [0.2, 0.25) is 0 Å². The van der Waals surface area contributed by atoms with Crippen LogP contribution in [0.1, 0.15) is 30.4 Å². The van der Waals surface area contributed by atoms with Crippen molar-refractivity contribution in [3.05, 3.63) is 59.7 Å². The lowest BCUT2D eigenvalue weighted by molar-refractivity contribution is 0.0894. The van der Waals surface area contributed by atoms with Gasteiger partial charge in [-0.05, 0) is 43.5 Å². The van der Waals surface area contributed by atoms with Gasteiger partial charge in [-0.1, -0.05) is 24.3 Å². The summed E-state index contributed by atoms with van der Waals surface area (Å²) in [5.41, 5.74) is 1.34. The minimum atomic E-state index is -0.0421. The Morgan fingerprint density at radius 3 is 2.14 bits per heavy atom. The molecule has 0 aliphatic heterocycles. The molecule has 0 heterocycles. The van der Waals surface area contributed by atoms with Crippen molar-refractivity contribution in [1.29, 1.82) is 0 Å². The zero-order valence-electron chi connectivity index (χ0n) is 15.9. The quantitative estimate of drug-likeness (QED) is 0.387. The molecule has 6 heteroatoms. The average molecular weight is 384 g/mol. The van der Waals surface area contributed by atoms with Gasteiger partial charge >= 0.3 is 0 Å². The number of unbranched alkanes of at least 4 members (excludes halogenated alkanes) is 1. The van der Waals surface area contributed by atoms with Crippen LogP contribution >= 0.6 is 0 Å². The SMILES string of the molecule is OCCOCCCCC(CN=Cc1ccccc1O)N=Cc1ccccc1O. The Morgan fingerprint density at radius 1 is 0.857 bits per heavy atom. The van der Waals surface area contributed by atoms with Crippen LogP contribution in [0.15, 0.2) is 58.5 Å². The molecule has 0 spiro atoms. The topological polar surface area (TPSA) is 94.6 Å². The number of aliphatic hydroxyl groups is 1. The number of hydrogen-bond acceptors (Lipinski definition) is 6. The van der Waals surface area contributed by atoms with E-state index in [0.29, 0.717) is 30.9 Å². The van der Waals surface area contributed by atoms with Crippen molar-refractivity contribution in [2.75, 3.05) is 26.4 Å². The number of benzene rings is 2. The molecule has 150 valence electrons. The highest BCUT2D eigenvalue weighted by Gasteiger charge is 2.06. The smallest absolute Gasteiger partial charge is 0.124 e. The summed E-state index contributed by atoms with van der Waals surface area (Å²) in [6.45, 7) is 1.49. The van der Waals surface area contributed by atoms with Gasteiger partial charge in [-0.15, -0.1) is 0 Å². The molecule has 1 unspecified atom stereocenters. The molecule has 1 atom stereocenters. The second kappa shape index (κ2) is 12.6. The number of phenols is 2. The van der Waals surface area contributed by atoms with Crippen molar-refractivity contribution >= 4 is 12.4 Å². The fourth-order valence-corrected chi connectivity index (χ4v) is 2.62. The molecule has 0 saturated heterocycles. The van der Waals surface area contributed by atoms with Crippen molar-refractivity contribution in [2.24, 2.45) is 9.98 Å². The molecule has 0 aliphatic carbocycles. The fraction of sp³-hybridized carbons (Fsp3) is 0.364. The number of aromatic hydroxyl groups is 2. The highest BCUT2D eigenvalue weighted by molar-refractivity contribution is 5.84. The lowest BCUT2D eigenvalue weighted by Crippen LogP contribution is -2.11. The summed E-state index contributed by atoms with van der Waals surface area (Å²) in [7, 11) is 0. The van der Waals surface area contributed by atoms with Crippen molar-refractivity contribution in [1.82, 2.24) is 0 Å². The van der Waals surface area contributed by atoms with E-state index in [0.717, 1.165) is 19.3 Å². The first kappa shape index (κ1) is 21.6. The lowest BCUT2D eigenvalue weighted by Gasteiger charge is -2.10. The second-order valence-electron chi connectivity index (χ2n) is 6.38. The molecule has 6 nitrogen and oxygen atoms in total. The molecule has 0 radical (unpaired) electrons. The van der Waals surface area contributed by atoms with E-state index >= 15 is 0 Å². The van der Waals surface area contributed by atoms with Crippen LogP contribution in [0.2, 0.25) is 0 Å². The van der Waals surface area contributed by atoms with Gasteiger partial charge in [0, 0.05) is 30.2 Å². The fourth-order valence-electron chi connectivity index (χ4n) is 2.62. The number of aliphatic imine (C=N–C) groups is 2. The highest BCUT2D eigenvalue weighted by Crippen LogP contribution is 2.15. The minimum absolute atomic E-state index is 0.0362. The van der Waals surface area contributed by atoms with Crippen LogP contribution in [0.4, 0.5) is 0 Å². The van der Waals surface area contributed by atoms with Gasteiger partial charge < -0.3 is 20.1 Å². The van der Waals surface area contributed by atoms with Gasteiger partial charge in [0.1, 0.15) is 11.5 Å². The van der Waals surface area contributed by atoms with Crippen LogP contribution in [0.3, 0.4) is 0 Å². The summed E-state index contributed by atoms with van der Waals surface area (Å²) in [6.07, 6.45) is 5.96. The Kier molecular flexibility index (Phi) is 9.75. The number of aliphatic hydroxyl groups excluding tert-OH is 1. The number of hydrogen-bond donors (Lipinski definition) is 3. The Balaban J connectivity index is 1.95. The second-order valence-corrected chi connectivity index (χ2v) is 6.38. The maximum atomic E-state index is 9.89. The molecule has 3 N–H and O–H groups in total. The van der Waals surface area contributed by atoms with E-state index in [2.05, 4.69) is 9.98 Å². The van der Waals surface area contributed by atoms with Gasteiger partial charge in [-0.2, -0.15) is 0 Å². The third kappa shape index (κ3) is 7.90. The summed E-state index contributed by atoms with van der Waals surface area (Å²) >= 11 is 0. The van der Waals surface area contributed by atoms with Crippen molar-refractivity contribution < 1.29 is 20.1 Å². The number of nitrogens with zero attached hydrogens (tertiary/aromatic N) is 2. The van der Waals surface area contributed by atoms with Gasteiger partial charge in [0.15, 0.2) is 0 Å². The van der Waals surface area contributed by atoms with Crippen molar-refractivity contribution in [3.63, 3.8) is 0 Å². The standard InChI is InChI=1S/C22H28N2O4/c25-12-14-28-13-6-5-9-20(24-16-19-8-2-4-11-22(19)27)17-23-15-18-7-1-3-10-21(18)26/h1-4,7-8,10-11,15-16,20,25-27H,5-6,9,12-14,17H2. The normalized spacial score (nSPS) is 12.8. The molecule has 2 rings (SSSR count). The summed E-state index contributed by atoms with van der Waals surface area (Å²) < 4.78 is 5.28. The molecule has 0 amide bonds. The van der Waals surface area contributed by atoms with E-state index in [1.54, 1.807) is 42.8 Å². The predicted molar refractivity (Wildman–Crippen MR) is 112 cm³/mol. The number of phenolic OH excluding ortho intramolecular Hbond substituents is 2. The Labute approximate surface area is 165 Å². The van der Waals surface area contributed by atoms with Crippen molar-refractivity contribution in [2.45, 2.75) is 25.3 Å². The third-order valence-corrected chi connectivity index (χ3v) is 4.16. The summed E-state index contributed by atoms with van der Waals surface area (Å²) in [5, 5.41) is 28.4. The van der Waals surface area contributed by atoms with Gasteiger partial charge in [0.05, 0.1) is 25.8 Å². The van der Waals surface area contributed by atoms with E-state index in [1.165, 1.54) is 0 Å². The molecule has 2 aromatic carbocycles. The third-order valence-electron chi connectivity index (χ3n) is 4.16. The Morgan fingerprint density at radius 2 is 1.50 bits per heavy atom. The maximum absolute atomic E-state index is 9.89. The number of para-hydroxylation sites is 2. The summed E-state index contributed by atoms with van der Waals surface area (Å²) in [5.74, 6) is 0.390. The average Bonchev–Trinajstić information content (AvgIpc) is 2.70. The van der Waals surface area contributed by atoms with Gasteiger partial charge in [-0.25, -0.2) is 0 Å². The lowest BCUT2D eigenvalue weighted by atomic mass is 10.1. The summed E-state index contributed by atoms with van der Waals surface area (Å²) in [4.78, 5) is 9.04. The predicted octanol–water partition coefficient (Wildman–Crippen LogP) is 3.18. The van der Waals surface area contributed by atoms with E-state index in [9.17, 15) is 10.2 Å². The van der Waals surface area contributed by atoms with Crippen LogP contribution in [0.5, 0.6) is 11.5 Å². The van der Waals surface area contributed by atoms with Crippen LogP contribution in [0, 0.1) is 0 Å². The highest BCUT2D eigenvalue weighted by atomic mass is 16.5. The van der Waals surface area contributed by atoms with Gasteiger partial charge in [-0.3, -0.25) is 9.98 Å². The Hall–Kier alpha value is -2.70. The number of rotatable bonds is 12. The molecule has 0 saturated carbocycles. The number of ether oxygens (including phenoxy) is 1. The zero-order chi connectivity index (χ0) is 20.0. The summed E-state index contributed by atoms with van der Waals surface area (Å²) in [6, 6.07) is 14.1. The zero-order valence-corrected chi connectivity index (χ0v) is 15.9. The van der Waals surface area contributed by atoms with E-state index in [1.807, 2.05) is 18.2 Å². The largest absolute Gasteiger partial charge is 0.507 e. The van der Waals surface area contributed by atoms with Crippen LogP contribution in [0.25, 0.3) is 0 Å². The molecule has 28 heavy (non-hydrogen) atoms.